The van der Waals surface area contributed by atoms with E-state index in [-0.39, 0.29) is 27.6 Å². The summed E-state index contributed by atoms with van der Waals surface area (Å²) in [7, 11) is 0. The van der Waals surface area contributed by atoms with Crippen molar-refractivity contribution < 1.29 is 18.7 Å². The minimum Gasteiger partial charge on any atom is -0.478 e. The van der Waals surface area contributed by atoms with Gasteiger partial charge in [0.1, 0.15) is 16.9 Å². The van der Waals surface area contributed by atoms with E-state index in [4.69, 9.17) is 21.1 Å². The van der Waals surface area contributed by atoms with Crippen LogP contribution in [0.5, 0.6) is 0 Å². The van der Waals surface area contributed by atoms with Crippen LogP contribution in [0.25, 0.3) is 22.6 Å². The van der Waals surface area contributed by atoms with E-state index in [1.165, 1.54) is 24.3 Å². The third-order valence-corrected chi connectivity index (χ3v) is 3.14. The molecule has 0 saturated heterocycles. The number of carboxylic acid groups (broad SMARTS) is 1. The molecule has 0 saturated carbocycles. The number of aromatic nitrogens is 1. The van der Waals surface area contributed by atoms with Crippen molar-refractivity contribution in [2.75, 3.05) is 0 Å². The smallest absolute Gasteiger partial charge is 0.339 e. The molecule has 0 amide bonds. The molecule has 1 aromatic heterocycles. The van der Waals surface area contributed by atoms with Gasteiger partial charge in [0.2, 0.25) is 5.89 Å². The van der Waals surface area contributed by atoms with Crippen molar-refractivity contribution in [1.29, 1.82) is 0 Å². The van der Waals surface area contributed by atoms with Gasteiger partial charge >= 0.3 is 5.97 Å². The van der Waals surface area contributed by atoms with E-state index in [1.807, 2.05) is 0 Å². The Hall–Kier alpha value is -2.40. The van der Waals surface area contributed by atoms with Crippen LogP contribution in [0, 0.1) is 5.82 Å². The quantitative estimate of drug-likeness (QED) is 0.775. The first kappa shape index (κ1) is 12.6. The molecule has 2 aromatic carbocycles. The Morgan fingerprint density at radius 1 is 1.25 bits per heavy atom. The van der Waals surface area contributed by atoms with Crippen LogP contribution in [-0.2, 0) is 0 Å². The maximum absolute atomic E-state index is 13.8. The predicted octanol–water partition coefficient (Wildman–Crippen LogP) is 3.99. The van der Waals surface area contributed by atoms with E-state index in [0.717, 1.165) is 0 Å². The van der Waals surface area contributed by atoms with Crippen molar-refractivity contribution in [3.8, 4) is 11.5 Å². The molecule has 4 nitrogen and oxygen atoms in total. The monoisotopic (exact) mass is 291 g/mol. The maximum Gasteiger partial charge on any atom is 0.339 e. The Labute approximate surface area is 117 Å². The molecule has 1 heterocycles. The van der Waals surface area contributed by atoms with Crippen LogP contribution in [0.2, 0.25) is 5.02 Å². The lowest BCUT2D eigenvalue weighted by Crippen LogP contribution is -1.95. The highest BCUT2D eigenvalue weighted by molar-refractivity contribution is 6.33. The van der Waals surface area contributed by atoms with Gasteiger partial charge in [-0.1, -0.05) is 23.7 Å². The first-order valence-corrected chi connectivity index (χ1v) is 6.03. The fourth-order valence-corrected chi connectivity index (χ4v) is 2.17. The van der Waals surface area contributed by atoms with E-state index in [0.29, 0.717) is 5.52 Å². The van der Waals surface area contributed by atoms with Gasteiger partial charge in [0.15, 0.2) is 5.58 Å². The summed E-state index contributed by atoms with van der Waals surface area (Å²) in [5, 5.41) is 9.23. The predicted molar refractivity (Wildman–Crippen MR) is 71.4 cm³/mol. The first-order chi connectivity index (χ1) is 9.58. The molecule has 0 aliphatic carbocycles. The summed E-state index contributed by atoms with van der Waals surface area (Å²) in [6, 6.07) is 8.72. The van der Waals surface area contributed by atoms with Crippen molar-refractivity contribution in [3.63, 3.8) is 0 Å². The number of carboxylic acids is 1. The normalized spacial score (nSPS) is 10.9. The van der Waals surface area contributed by atoms with Gasteiger partial charge in [0.05, 0.1) is 10.6 Å². The SMILES string of the molecule is O=C(O)c1cccc2nc(-c3c(F)cccc3Cl)oc12. The molecule has 1 N–H and O–H groups in total. The van der Waals surface area contributed by atoms with Gasteiger partial charge in [0, 0.05) is 0 Å². The van der Waals surface area contributed by atoms with Gasteiger partial charge in [-0.25, -0.2) is 14.2 Å². The number of oxazole rings is 1. The Morgan fingerprint density at radius 2 is 2.00 bits per heavy atom. The van der Waals surface area contributed by atoms with Crippen molar-refractivity contribution in [2.24, 2.45) is 0 Å². The highest BCUT2D eigenvalue weighted by Gasteiger charge is 2.19. The molecule has 0 aliphatic heterocycles. The fraction of sp³-hybridized carbons (Fsp3) is 0. The summed E-state index contributed by atoms with van der Waals surface area (Å²) in [5.74, 6) is -1.77. The summed E-state index contributed by atoms with van der Waals surface area (Å²) in [5.41, 5.74) is 0.406. The molecule has 0 bridgehead atoms. The van der Waals surface area contributed by atoms with Gasteiger partial charge < -0.3 is 9.52 Å². The van der Waals surface area contributed by atoms with Gasteiger partial charge in [-0.2, -0.15) is 0 Å². The van der Waals surface area contributed by atoms with Gasteiger partial charge in [-0.3, -0.25) is 0 Å². The van der Waals surface area contributed by atoms with Crippen LogP contribution < -0.4 is 0 Å². The second-order valence-corrected chi connectivity index (χ2v) is 4.48. The standard InChI is InChI=1S/C14H7ClFNO3/c15-8-4-2-5-9(16)11(8)13-17-10-6-1-3-7(14(18)19)12(10)20-13/h1-6H,(H,18,19). The number of nitrogens with zero attached hydrogens (tertiary/aromatic N) is 1. The van der Waals surface area contributed by atoms with E-state index in [2.05, 4.69) is 4.98 Å². The Morgan fingerprint density at radius 3 is 2.70 bits per heavy atom. The van der Waals surface area contributed by atoms with Crippen LogP contribution in [0.4, 0.5) is 4.39 Å². The Kier molecular flexibility index (Phi) is 2.91. The Bertz CT molecular complexity index is 808. The fourth-order valence-electron chi connectivity index (χ4n) is 1.93. The zero-order valence-electron chi connectivity index (χ0n) is 9.93. The lowest BCUT2D eigenvalue weighted by Gasteiger charge is -2.00. The van der Waals surface area contributed by atoms with Gasteiger partial charge in [-0.05, 0) is 24.3 Å². The van der Waals surface area contributed by atoms with E-state index in [9.17, 15) is 9.18 Å². The van der Waals surface area contributed by atoms with Crippen molar-refractivity contribution in [1.82, 2.24) is 4.98 Å². The van der Waals surface area contributed by atoms with Crippen LogP contribution >= 0.6 is 11.6 Å². The largest absolute Gasteiger partial charge is 0.478 e. The number of carbonyl (C=O) groups is 1. The highest BCUT2D eigenvalue weighted by atomic mass is 35.5. The third-order valence-electron chi connectivity index (χ3n) is 2.82. The van der Waals surface area contributed by atoms with Crippen molar-refractivity contribution in [3.05, 3.63) is 52.8 Å². The molecular formula is C14H7ClFNO3. The number of aromatic carboxylic acids is 1. The van der Waals surface area contributed by atoms with Gasteiger partial charge in [-0.15, -0.1) is 0 Å². The topological polar surface area (TPSA) is 63.3 Å². The first-order valence-electron chi connectivity index (χ1n) is 5.65. The summed E-state index contributed by atoms with van der Waals surface area (Å²) in [6.45, 7) is 0. The van der Waals surface area contributed by atoms with Crippen molar-refractivity contribution in [2.45, 2.75) is 0 Å². The van der Waals surface area contributed by atoms with Crippen molar-refractivity contribution >= 4 is 28.7 Å². The second kappa shape index (κ2) is 4.61. The summed E-state index contributed by atoms with van der Waals surface area (Å²) in [4.78, 5) is 15.2. The average molecular weight is 292 g/mol. The number of hydrogen-bond donors (Lipinski definition) is 1. The van der Waals surface area contributed by atoms with Crippen LogP contribution in [0.1, 0.15) is 10.4 Å². The number of benzene rings is 2. The molecule has 0 spiro atoms. The molecule has 0 fully saturated rings. The molecule has 0 aliphatic rings. The molecular weight excluding hydrogens is 285 g/mol. The summed E-state index contributed by atoms with van der Waals surface area (Å²) >= 11 is 5.94. The second-order valence-electron chi connectivity index (χ2n) is 4.07. The molecule has 3 aromatic rings. The molecule has 100 valence electrons. The number of hydrogen-bond acceptors (Lipinski definition) is 3. The average Bonchev–Trinajstić information content (AvgIpc) is 2.81. The molecule has 0 radical (unpaired) electrons. The van der Waals surface area contributed by atoms with E-state index in [1.54, 1.807) is 12.1 Å². The van der Waals surface area contributed by atoms with E-state index < -0.39 is 11.8 Å². The summed E-state index contributed by atoms with van der Waals surface area (Å²) in [6.07, 6.45) is 0. The lowest BCUT2D eigenvalue weighted by molar-refractivity contribution is 0.0698. The molecule has 0 unspecified atom stereocenters. The number of para-hydroxylation sites is 1. The lowest BCUT2D eigenvalue weighted by atomic mass is 10.2. The maximum atomic E-state index is 13.8. The zero-order chi connectivity index (χ0) is 14.3. The van der Waals surface area contributed by atoms with Crippen LogP contribution in [0.15, 0.2) is 40.8 Å². The minimum absolute atomic E-state index is 0.0155. The van der Waals surface area contributed by atoms with Crippen LogP contribution in [-0.4, -0.2) is 16.1 Å². The molecule has 6 heteroatoms. The van der Waals surface area contributed by atoms with E-state index >= 15 is 0 Å². The number of rotatable bonds is 2. The Balaban J connectivity index is 2.29. The zero-order valence-corrected chi connectivity index (χ0v) is 10.7. The third kappa shape index (κ3) is 1.92. The number of fused-ring (bicyclic) bond motifs is 1. The van der Waals surface area contributed by atoms with Crippen LogP contribution in [0.3, 0.4) is 0 Å². The van der Waals surface area contributed by atoms with Gasteiger partial charge in [0.25, 0.3) is 0 Å². The molecule has 20 heavy (non-hydrogen) atoms. The molecule has 0 atom stereocenters. The number of halogens is 2. The molecule has 3 rings (SSSR count). The highest BCUT2D eigenvalue weighted by Crippen LogP contribution is 2.33. The summed E-state index contributed by atoms with van der Waals surface area (Å²) < 4.78 is 19.2. The minimum atomic E-state index is -1.14.